The summed E-state index contributed by atoms with van der Waals surface area (Å²) >= 11 is 6.24. The lowest BCUT2D eigenvalue weighted by atomic mass is 9.83. The van der Waals surface area contributed by atoms with Crippen LogP contribution >= 0.6 is 11.6 Å². The van der Waals surface area contributed by atoms with E-state index in [0.717, 1.165) is 42.1 Å². The number of hydrogen-bond acceptors (Lipinski definition) is 2. The Kier molecular flexibility index (Phi) is 4.53. The second-order valence-corrected chi connectivity index (χ2v) is 6.65. The first-order valence-electron chi connectivity index (χ1n) is 7.83. The molecule has 2 aromatic rings. The number of hydrogen-bond donors (Lipinski definition) is 1. The van der Waals surface area contributed by atoms with Crippen LogP contribution in [-0.4, -0.2) is 23.1 Å². The number of rotatable bonds is 3. The van der Waals surface area contributed by atoms with Crippen molar-refractivity contribution in [3.8, 4) is 0 Å². The van der Waals surface area contributed by atoms with E-state index < -0.39 is 5.60 Å². The first-order chi connectivity index (χ1) is 10.6. The predicted octanol–water partition coefficient (Wildman–Crippen LogP) is 4.13. The zero-order valence-corrected chi connectivity index (χ0v) is 13.7. The maximum atomic E-state index is 11.2. The lowest BCUT2D eigenvalue weighted by Gasteiger charge is -2.40. The average molecular weight is 316 g/mol. The van der Waals surface area contributed by atoms with Gasteiger partial charge in [0.25, 0.3) is 0 Å². The lowest BCUT2D eigenvalue weighted by Crippen LogP contribution is -2.46. The molecule has 1 unspecified atom stereocenters. The van der Waals surface area contributed by atoms with Gasteiger partial charge in [-0.05, 0) is 49.1 Å². The second-order valence-electron chi connectivity index (χ2n) is 6.24. The summed E-state index contributed by atoms with van der Waals surface area (Å²) < 4.78 is 0. The molecule has 0 bridgehead atoms. The zero-order chi connectivity index (χ0) is 15.6. The van der Waals surface area contributed by atoms with Crippen molar-refractivity contribution in [3.05, 3.63) is 70.2 Å². The molecule has 1 atom stereocenters. The monoisotopic (exact) mass is 315 g/mol. The SMILES string of the molecule is Cc1c(Cl)cccc1C1(O)CCCN(Cc2ccccc2)C1. The highest BCUT2D eigenvalue weighted by atomic mass is 35.5. The predicted molar refractivity (Wildman–Crippen MR) is 91.0 cm³/mol. The van der Waals surface area contributed by atoms with Gasteiger partial charge in [-0.15, -0.1) is 0 Å². The van der Waals surface area contributed by atoms with Crippen LogP contribution in [-0.2, 0) is 12.1 Å². The van der Waals surface area contributed by atoms with Crippen LogP contribution in [0.15, 0.2) is 48.5 Å². The summed E-state index contributed by atoms with van der Waals surface area (Å²) in [6, 6.07) is 16.3. The number of β-amino-alcohol motifs (C(OH)–C–C–N with tert-alkyl or cyclic N) is 1. The van der Waals surface area contributed by atoms with Gasteiger partial charge in [-0.3, -0.25) is 4.90 Å². The fraction of sp³-hybridized carbons (Fsp3) is 0.368. The molecule has 1 heterocycles. The minimum Gasteiger partial charge on any atom is -0.384 e. The van der Waals surface area contributed by atoms with Crippen molar-refractivity contribution in [1.82, 2.24) is 4.90 Å². The van der Waals surface area contributed by atoms with E-state index in [2.05, 4.69) is 29.2 Å². The van der Waals surface area contributed by atoms with Crippen molar-refractivity contribution in [2.75, 3.05) is 13.1 Å². The third-order valence-electron chi connectivity index (χ3n) is 4.57. The fourth-order valence-electron chi connectivity index (χ4n) is 3.43. The van der Waals surface area contributed by atoms with Gasteiger partial charge >= 0.3 is 0 Å². The van der Waals surface area contributed by atoms with Crippen molar-refractivity contribution in [2.24, 2.45) is 0 Å². The molecular weight excluding hydrogens is 294 g/mol. The Morgan fingerprint density at radius 2 is 1.91 bits per heavy atom. The third-order valence-corrected chi connectivity index (χ3v) is 4.98. The Morgan fingerprint density at radius 3 is 2.68 bits per heavy atom. The summed E-state index contributed by atoms with van der Waals surface area (Å²) in [7, 11) is 0. The van der Waals surface area contributed by atoms with Crippen LogP contribution in [0, 0.1) is 6.92 Å². The number of benzene rings is 2. The molecule has 1 aliphatic rings. The van der Waals surface area contributed by atoms with Crippen molar-refractivity contribution in [3.63, 3.8) is 0 Å². The van der Waals surface area contributed by atoms with Crippen molar-refractivity contribution in [1.29, 1.82) is 0 Å². The normalized spacial score (nSPS) is 22.7. The van der Waals surface area contributed by atoms with Crippen LogP contribution in [0.4, 0.5) is 0 Å². The molecule has 3 rings (SSSR count). The summed E-state index contributed by atoms with van der Waals surface area (Å²) in [6.45, 7) is 4.55. The van der Waals surface area contributed by atoms with E-state index in [1.165, 1.54) is 5.56 Å². The average Bonchev–Trinajstić information content (AvgIpc) is 2.51. The molecule has 1 aliphatic heterocycles. The van der Waals surface area contributed by atoms with E-state index in [4.69, 9.17) is 11.6 Å². The number of likely N-dealkylation sites (tertiary alicyclic amines) is 1. The number of aliphatic hydroxyl groups is 1. The number of piperidine rings is 1. The molecule has 2 nitrogen and oxygen atoms in total. The smallest absolute Gasteiger partial charge is 0.103 e. The third kappa shape index (κ3) is 3.19. The van der Waals surface area contributed by atoms with Gasteiger partial charge < -0.3 is 5.11 Å². The highest BCUT2D eigenvalue weighted by Crippen LogP contribution is 2.35. The molecule has 3 heteroatoms. The Morgan fingerprint density at radius 1 is 1.14 bits per heavy atom. The molecule has 1 N–H and O–H groups in total. The van der Waals surface area contributed by atoms with E-state index in [1.807, 2.05) is 31.2 Å². The van der Waals surface area contributed by atoms with Crippen molar-refractivity contribution >= 4 is 11.6 Å². The maximum absolute atomic E-state index is 11.2. The van der Waals surface area contributed by atoms with Crippen LogP contribution in [0.25, 0.3) is 0 Å². The van der Waals surface area contributed by atoms with Crippen LogP contribution in [0.1, 0.15) is 29.5 Å². The number of halogens is 1. The highest BCUT2D eigenvalue weighted by Gasteiger charge is 2.36. The van der Waals surface area contributed by atoms with E-state index in [0.29, 0.717) is 6.54 Å². The molecule has 116 valence electrons. The fourth-order valence-corrected chi connectivity index (χ4v) is 3.61. The summed E-state index contributed by atoms with van der Waals surface area (Å²) in [5.74, 6) is 0. The largest absolute Gasteiger partial charge is 0.384 e. The van der Waals surface area contributed by atoms with Crippen molar-refractivity contribution in [2.45, 2.75) is 31.9 Å². The molecule has 0 aromatic heterocycles. The van der Waals surface area contributed by atoms with E-state index in [1.54, 1.807) is 0 Å². The van der Waals surface area contributed by atoms with Gasteiger partial charge in [0.05, 0.1) is 0 Å². The molecule has 0 amide bonds. The second kappa shape index (κ2) is 6.41. The highest BCUT2D eigenvalue weighted by molar-refractivity contribution is 6.31. The van der Waals surface area contributed by atoms with Gasteiger partial charge in [0.15, 0.2) is 0 Å². The molecule has 0 aliphatic carbocycles. The van der Waals surface area contributed by atoms with Crippen LogP contribution in [0.2, 0.25) is 5.02 Å². The van der Waals surface area contributed by atoms with Gasteiger partial charge in [0.2, 0.25) is 0 Å². The Balaban J connectivity index is 1.81. The van der Waals surface area contributed by atoms with Crippen LogP contribution < -0.4 is 0 Å². The Bertz CT molecular complexity index is 643. The first kappa shape index (κ1) is 15.5. The Hall–Kier alpha value is -1.35. The minimum atomic E-state index is -0.804. The van der Waals surface area contributed by atoms with Gasteiger partial charge in [0, 0.05) is 18.1 Å². The number of nitrogens with zero attached hydrogens (tertiary/aromatic N) is 1. The first-order valence-corrected chi connectivity index (χ1v) is 8.20. The van der Waals surface area contributed by atoms with E-state index in [-0.39, 0.29) is 0 Å². The molecule has 0 saturated carbocycles. The zero-order valence-electron chi connectivity index (χ0n) is 12.9. The molecule has 2 aromatic carbocycles. The molecular formula is C19H22ClNO. The summed E-state index contributed by atoms with van der Waals surface area (Å²) in [6.07, 6.45) is 1.79. The lowest BCUT2D eigenvalue weighted by molar-refractivity contribution is -0.0385. The quantitative estimate of drug-likeness (QED) is 0.920. The molecule has 1 saturated heterocycles. The summed E-state index contributed by atoms with van der Waals surface area (Å²) in [5, 5.41) is 11.9. The van der Waals surface area contributed by atoms with Gasteiger partial charge in [-0.25, -0.2) is 0 Å². The molecule has 0 spiro atoms. The van der Waals surface area contributed by atoms with E-state index in [9.17, 15) is 5.11 Å². The standard InChI is InChI=1S/C19H22ClNO/c1-15-17(9-5-10-18(15)20)19(22)11-6-12-21(14-19)13-16-7-3-2-4-8-16/h2-5,7-10,22H,6,11-14H2,1H3. The maximum Gasteiger partial charge on any atom is 0.103 e. The van der Waals surface area contributed by atoms with Gasteiger partial charge in [0.1, 0.15) is 5.60 Å². The topological polar surface area (TPSA) is 23.5 Å². The molecule has 1 fully saturated rings. The summed E-state index contributed by atoms with van der Waals surface area (Å²) in [5.41, 5.74) is 2.45. The Labute approximate surface area is 137 Å². The van der Waals surface area contributed by atoms with E-state index >= 15 is 0 Å². The van der Waals surface area contributed by atoms with Crippen molar-refractivity contribution < 1.29 is 5.11 Å². The van der Waals surface area contributed by atoms with Gasteiger partial charge in [-0.2, -0.15) is 0 Å². The minimum absolute atomic E-state index is 0.656. The molecule has 0 radical (unpaired) electrons. The van der Waals surface area contributed by atoms with Crippen LogP contribution in [0.5, 0.6) is 0 Å². The van der Waals surface area contributed by atoms with Crippen LogP contribution in [0.3, 0.4) is 0 Å². The molecule has 22 heavy (non-hydrogen) atoms. The van der Waals surface area contributed by atoms with Gasteiger partial charge in [-0.1, -0.05) is 54.1 Å². The summed E-state index contributed by atoms with van der Waals surface area (Å²) in [4.78, 5) is 2.33.